The zero-order valence-electron chi connectivity index (χ0n) is 10.7. The fraction of sp³-hybridized carbons (Fsp3) is 0.462. The minimum atomic E-state index is -1.15. The Bertz CT molecular complexity index is 439. The molecule has 0 saturated carbocycles. The number of rotatable bonds is 6. The molecule has 4 N–H and O–H groups in total. The topological polar surface area (TPSA) is 92.8 Å². The normalized spacial score (nSPS) is 13.9. The van der Waals surface area contributed by atoms with Crippen molar-refractivity contribution in [2.24, 2.45) is 0 Å². The van der Waals surface area contributed by atoms with Gasteiger partial charge >= 0.3 is 5.97 Å². The zero-order chi connectivity index (χ0) is 14.4. The molecule has 0 radical (unpaired) electrons. The van der Waals surface area contributed by atoms with Gasteiger partial charge in [-0.2, -0.15) is 12.6 Å². The molecule has 0 aromatic heterocycles. The van der Waals surface area contributed by atoms with E-state index in [1.807, 2.05) is 0 Å². The van der Waals surface area contributed by atoms with Gasteiger partial charge in [0, 0.05) is 11.3 Å². The number of esters is 1. The van der Waals surface area contributed by atoms with Crippen molar-refractivity contribution >= 4 is 24.3 Å². The van der Waals surface area contributed by atoms with E-state index < -0.39 is 18.2 Å². The first-order valence-corrected chi connectivity index (χ1v) is 6.68. The average molecular weight is 285 g/mol. The SMILES string of the molecule is CCOC(=O)c1ccc(N)c(C(O)C(O)CCS)c1. The molecule has 19 heavy (non-hydrogen) atoms. The summed E-state index contributed by atoms with van der Waals surface area (Å²) in [5, 5.41) is 19.8. The van der Waals surface area contributed by atoms with Gasteiger partial charge in [-0.3, -0.25) is 0 Å². The van der Waals surface area contributed by atoms with Gasteiger partial charge in [-0.15, -0.1) is 0 Å². The van der Waals surface area contributed by atoms with Crippen LogP contribution < -0.4 is 5.73 Å². The van der Waals surface area contributed by atoms with E-state index in [0.717, 1.165) is 0 Å². The Morgan fingerprint density at radius 2 is 2.16 bits per heavy atom. The molecule has 2 atom stereocenters. The minimum absolute atomic E-state index is 0.267. The first-order valence-electron chi connectivity index (χ1n) is 6.04. The van der Waals surface area contributed by atoms with Crippen LogP contribution in [0.4, 0.5) is 5.69 Å². The second-order valence-corrected chi connectivity index (χ2v) is 4.54. The van der Waals surface area contributed by atoms with Gasteiger partial charge in [0.1, 0.15) is 6.10 Å². The van der Waals surface area contributed by atoms with Crippen molar-refractivity contribution in [3.8, 4) is 0 Å². The van der Waals surface area contributed by atoms with E-state index in [0.29, 0.717) is 29.0 Å². The first-order chi connectivity index (χ1) is 9.01. The minimum Gasteiger partial charge on any atom is -0.462 e. The fourth-order valence-electron chi connectivity index (χ4n) is 1.67. The Kier molecular flexibility index (Phi) is 6.14. The third-order valence-electron chi connectivity index (χ3n) is 2.71. The lowest BCUT2D eigenvalue weighted by Crippen LogP contribution is -2.20. The quantitative estimate of drug-likeness (QED) is 0.357. The third-order valence-corrected chi connectivity index (χ3v) is 2.96. The van der Waals surface area contributed by atoms with Crippen LogP contribution in [0, 0.1) is 0 Å². The van der Waals surface area contributed by atoms with Crippen LogP contribution in [0.1, 0.15) is 35.4 Å². The number of aliphatic hydroxyl groups excluding tert-OH is 2. The number of anilines is 1. The number of hydrogen-bond donors (Lipinski definition) is 4. The molecule has 1 aromatic rings. The predicted octanol–water partition coefficient (Wildman–Crippen LogP) is 1.16. The number of carbonyl (C=O) groups is 1. The van der Waals surface area contributed by atoms with Crippen molar-refractivity contribution in [1.29, 1.82) is 0 Å². The van der Waals surface area contributed by atoms with E-state index in [4.69, 9.17) is 10.5 Å². The summed E-state index contributed by atoms with van der Waals surface area (Å²) in [6.45, 7) is 1.98. The largest absolute Gasteiger partial charge is 0.462 e. The summed E-state index contributed by atoms with van der Waals surface area (Å²) in [6, 6.07) is 4.48. The molecule has 5 nitrogen and oxygen atoms in total. The molecule has 0 aliphatic carbocycles. The molecular formula is C13H19NO4S. The molecule has 0 bridgehead atoms. The van der Waals surface area contributed by atoms with Gasteiger partial charge in [0.2, 0.25) is 0 Å². The molecule has 6 heteroatoms. The van der Waals surface area contributed by atoms with Crippen molar-refractivity contribution < 1.29 is 19.7 Å². The van der Waals surface area contributed by atoms with Crippen molar-refractivity contribution in [2.45, 2.75) is 25.6 Å². The number of aliphatic hydroxyl groups is 2. The van der Waals surface area contributed by atoms with Gasteiger partial charge in [0.15, 0.2) is 0 Å². The summed E-state index contributed by atoms with van der Waals surface area (Å²) in [5.41, 5.74) is 6.69. The number of benzene rings is 1. The fourth-order valence-corrected chi connectivity index (χ4v) is 1.93. The molecule has 0 heterocycles. The standard InChI is InChI=1S/C13H19NO4S/c1-2-18-13(17)8-3-4-10(14)9(7-8)12(16)11(15)5-6-19/h3-4,7,11-12,15-16,19H,2,5-6,14H2,1H3. The Morgan fingerprint density at radius 3 is 2.74 bits per heavy atom. The van der Waals surface area contributed by atoms with Crippen LogP contribution in [-0.4, -0.2) is 34.6 Å². The monoisotopic (exact) mass is 285 g/mol. The number of carbonyl (C=O) groups excluding carboxylic acids is 1. The lowest BCUT2D eigenvalue weighted by atomic mass is 9.98. The van der Waals surface area contributed by atoms with E-state index in [9.17, 15) is 15.0 Å². The van der Waals surface area contributed by atoms with E-state index in [1.54, 1.807) is 6.92 Å². The van der Waals surface area contributed by atoms with Crippen molar-refractivity contribution in [3.63, 3.8) is 0 Å². The van der Waals surface area contributed by atoms with Gasteiger partial charge in [-0.1, -0.05) is 0 Å². The van der Waals surface area contributed by atoms with Crippen molar-refractivity contribution in [2.75, 3.05) is 18.1 Å². The van der Waals surface area contributed by atoms with Gasteiger partial charge in [-0.25, -0.2) is 4.79 Å². The van der Waals surface area contributed by atoms with Crippen molar-refractivity contribution in [3.05, 3.63) is 29.3 Å². The third kappa shape index (κ3) is 4.12. The highest BCUT2D eigenvalue weighted by Gasteiger charge is 2.21. The second-order valence-electron chi connectivity index (χ2n) is 4.09. The highest BCUT2D eigenvalue weighted by atomic mass is 32.1. The molecule has 0 fully saturated rings. The number of thiol groups is 1. The van der Waals surface area contributed by atoms with Crippen LogP contribution in [0.15, 0.2) is 18.2 Å². The van der Waals surface area contributed by atoms with Gasteiger partial charge in [0.05, 0.1) is 18.3 Å². The molecule has 0 amide bonds. The van der Waals surface area contributed by atoms with E-state index in [-0.39, 0.29) is 6.61 Å². The van der Waals surface area contributed by atoms with E-state index >= 15 is 0 Å². The lowest BCUT2D eigenvalue weighted by Gasteiger charge is -2.19. The zero-order valence-corrected chi connectivity index (χ0v) is 11.6. The predicted molar refractivity (Wildman–Crippen MR) is 76.2 cm³/mol. The summed E-state index contributed by atoms with van der Waals surface area (Å²) in [6.07, 6.45) is -1.80. The van der Waals surface area contributed by atoms with Gasteiger partial charge < -0.3 is 20.7 Å². The highest BCUT2D eigenvalue weighted by molar-refractivity contribution is 7.80. The van der Waals surface area contributed by atoms with Crippen LogP contribution >= 0.6 is 12.6 Å². The van der Waals surface area contributed by atoms with Crippen LogP contribution in [0.25, 0.3) is 0 Å². The second kappa shape index (κ2) is 7.37. The van der Waals surface area contributed by atoms with Crippen LogP contribution in [0.3, 0.4) is 0 Å². The van der Waals surface area contributed by atoms with Crippen LogP contribution in [-0.2, 0) is 4.74 Å². The smallest absolute Gasteiger partial charge is 0.338 e. The molecule has 1 rings (SSSR count). The molecule has 0 saturated heterocycles. The van der Waals surface area contributed by atoms with Gasteiger partial charge in [-0.05, 0) is 37.3 Å². The molecule has 1 aromatic carbocycles. The van der Waals surface area contributed by atoms with Crippen molar-refractivity contribution in [1.82, 2.24) is 0 Å². The number of nitrogens with two attached hydrogens (primary N) is 1. The molecular weight excluding hydrogens is 266 g/mol. The maximum absolute atomic E-state index is 11.6. The molecule has 2 unspecified atom stereocenters. The summed E-state index contributed by atoms with van der Waals surface area (Å²) < 4.78 is 4.87. The maximum Gasteiger partial charge on any atom is 0.338 e. The number of nitrogen functional groups attached to an aromatic ring is 1. The molecule has 0 aliphatic heterocycles. The van der Waals surface area contributed by atoms with E-state index in [1.165, 1.54) is 18.2 Å². The Balaban J connectivity index is 2.99. The Labute approximate surface area is 117 Å². The Hall–Kier alpha value is -1.24. The van der Waals surface area contributed by atoms with E-state index in [2.05, 4.69) is 12.6 Å². The number of hydrogen-bond acceptors (Lipinski definition) is 6. The molecule has 106 valence electrons. The lowest BCUT2D eigenvalue weighted by molar-refractivity contribution is 0.0175. The summed E-state index contributed by atoms with van der Waals surface area (Å²) in [5.74, 6) is -0.0463. The van der Waals surface area contributed by atoms with Crippen LogP contribution in [0.2, 0.25) is 0 Å². The Morgan fingerprint density at radius 1 is 1.47 bits per heavy atom. The first kappa shape index (κ1) is 15.8. The summed E-state index contributed by atoms with van der Waals surface area (Å²) in [7, 11) is 0. The highest BCUT2D eigenvalue weighted by Crippen LogP contribution is 2.26. The summed E-state index contributed by atoms with van der Waals surface area (Å²) >= 11 is 4.00. The molecule has 0 aliphatic rings. The summed E-state index contributed by atoms with van der Waals surface area (Å²) in [4.78, 5) is 11.6. The molecule has 0 spiro atoms. The van der Waals surface area contributed by atoms with Crippen LogP contribution in [0.5, 0.6) is 0 Å². The average Bonchev–Trinajstić information content (AvgIpc) is 2.39. The van der Waals surface area contributed by atoms with Gasteiger partial charge in [0.25, 0.3) is 0 Å². The maximum atomic E-state index is 11.6. The number of ether oxygens (including phenoxy) is 1.